The SMILES string of the molecule is CC(=O)CCCC(=O)NC1BOc2c(cccc2C(=O)OCOC(=O)c2ccccc2)C1. The third-order valence-corrected chi connectivity index (χ3v) is 4.90. The molecule has 0 aliphatic carbocycles. The third-order valence-electron chi connectivity index (χ3n) is 4.90. The Hall–Kier alpha value is -3.62. The Morgan fingerprint density at radius 1 is 1.00 bits per heavy atom. The summed E-state index contributed by atoms with van der Waals surface area (Å²) in [5.74, 6) is -1.18. The molecule has 9 heteroatoms. The monoisotopic (exact) mass is 437 g/mol. The van der Waals surface area contributed by atoms with Gasteiger partial charge in [0.25, 0.3) is 0 Å². The van der Waals surface area contributed by atoms with Crippen molar-refractivity contribution in [2.75, 3.05) is 6.79 Å². The number of fused-ring (bicyclic) bond motifs is 1. The van der Waals surface area contributed by atoms with E-state index in [1.807, 2.05) is 6.07 Å². The minimum Gasteiger partial charge on any atom is -0.561 e. The van der Waals surface area contributed by atoms with Crippen molar-refractivity contribution in [2.24, 2.45) is 0 Å². The molecule has 1 aliphatic heterocycles. The Bertz CT molecular complexity index is 993. The van der Waals surface area contributed by atoms with Gasteiger partial charge in [-0.2, -0.15) is 0 Å². The molecule has 0 saturated heterocycles. The number of amides is 1. The predicted octanol–water partition coefficient (Wildman–Crippen LogP) is 2.15. The molecule has 0 radical (unpaired) electrons. The zero-order valence-electron chi connectivity index (χ0n) is 17.8. The largest absolute Gasteiger partial charge is 0.561 e. The summed E-state index contributed by atoms with van der Waals surface area (Å²) in [4.78, 5) is 47.5. The van der Waals surface area contributed by atoms with Gasteiger partial charge in [0.1, 0.15) is 17.1 Å². The summed E-state index contributed by atoms with van der Waals surface area (Å²) >= 11 is 0. The number of nitrogens with one attached hydrogen (secondary N) is 1. The molecule has 0 aromatic heterocycles. The molecule has 166 valence electrons. The van der Waals surface area contributed by atoms with E-state index in [0.29, 0.717) is 30.6 Å². The number of hydrogen-bond acceptors (Lipinski definition) is 7. The van der Waals surface area contributed by atoms with Crippen molar-refractivity contribution in [1.29, 1.82) is 0 Å². The quantitative estimate of drug-likeness (QED) is 0.364. The molecule has 2 aromatic rings. The van der Waals surface area contributed by atoms with Crippen molar-refractivity contribution in [3.8, 4) is 5.75 Å². The van der Waals surface area contributed by atoms with Crippen molar-refractivity contribution >= 4 is 31.1 Å². The maximum atomic E-state index is 12.5. The molecule has 32 heavy (non-hydrogen) atoms. The Kier molecular flexibility index (Phi) is 8.02. The summed E-state index contributed by atoms with van der Waals surface area (Å²) in [6.07, 6.45) is 1.66. The summed E-state index contributed by atoms with van der Waals surface area (Å²) in [6, 6.07) is 13.5. The molecule has 0 saturated carbocycles. The lowest BCUT2D eigenvalue weighted by Crippen LogP contribution is -2.45. The van der Waals surface area contributed by atoms with Crippen LogP contribution in [0.5, 0.6) is 5.75 Å². The highest BCUT2D eigenvalue weighted by molar-refractivity contribution is 6.32. The van der Waals surface area contributed by atoms with E-state index in [4.69, 9.17) is 14.1 Å². The summed E-state index contributed by atoms with van der Waals surface area (Å²) in [7, 11) is 0.207. The average molecular weight is 437 g/mol. The van der Waals surface area contributed by atoms with Gasteiger partial charge in [-0.15, -0.1) is 0 Å². The van der Waals surface area contributed by atoms with Crippen LogP contribution in [0.2, 0.25) is 0 Å². The fourth-order valence-corrected chi connectivity index (χ4v) is 3.35. The Labute approximate surface area is 186 Å². The van der Waals surface area contributed by atoms with Crippen LogP contribution in [0.4, 0.5) is 0 Å². The molecule has 0 bridgehead atoms. The number of carbonyl (C=O) groups excluding carboxylic acids is 4. The van der Waals surface area contributed by atoms with Crippen molar-refractivity contribution in [1.82, 2.24) is 5.32 Å². The maximum Gasteiger partial charge on any atom is 0.363 e. The van der Waals surface area contributed by atoms with E-state index in [1.165, 1.54) is 6.92 Å². The molecule has 1 unspecified atom stereocenters. The number of Topliss-reactive ketones (excluding diaryl/α,β-unsaturated/α-hetero) is 1. The van der Waals surface area contributed by atoms with Crippen LogP contribution in [0.3, 0.4) is 0 Å². The minimum absolute atomic E-state index is 0.0574. The lowest BCUT2D eigenvalue weighted by Gasteiger charge is -2.26. The van der Waals surface area contributed by atoms with Crippen molar-refractivity contribution in [3.05, 3.63) is 65.2 Å². The predicted molar refractivity (Wildman–Crippen MR) is 117 cm³/mol. The summed E-state index contributed by atoms with van der Waals surface area (Å²) in [5, 5.41) is 2.90. The van der Waals surface area contributed by atoms with Crippen LogP contribution in [0.25, 0.3) is 0 Å². The zero-order chi connectivity index (χ0) is 22.9. The van der Waals surface area contributed by atoms with Gasteiger partial charge in [0.15, 0.2) is 0 Å². The smallest absolute Gasteiger partial charge is 0.363 e. The van der Waals surface area contributed by atoms with Crippen LogP contribution in [-0.2, 0) is 25.5 Å². The lowest BCUT2D eigenvalue weighted by atomic mass is 9.79. The van der Waals surface area contributed by atoms with Gasteiger partial charge in [0, 0.05) is 18.8 Å². The fraction of sp³-hybridized carbons (Fsp3) is 0.304. The number of para-hydroxylation sites is 1. The van der Waals surface area contributed by atoms with E-state index in [-0.39, 0.29) is 37.1 Å². The summed E-state index contributed by atoms with van der Waals surface area (Å²) in [5.41, 5.74) is 1.35. The lowest BCUT2D eigenvalue weighted by molar-refractivity contribution is -0.121. The second kappa shape index (κ2) is 11.1. The van der Waals surface area contributed by atoms with Gasteiger partial charge in [-0.3, -0.25) is 4.79 Å². The van der Waals surface area contributed by atoms with Crippen molar-refractivity contribution < 1.29 is 33.3 Å². The molecule has 0 fully saturated rings. The molecule has 1 amide bonds. The second-order valence-electron chi connectivity index (χ2n) is 7.48. The summed E-state index contributed by atoms with van der Waals surface area (Å²) in [6.45, 7) is 0.981. The summed E-state index contributed by atoms with van der Waals surface area (Å²) < 4.78 is 15.8. The van der Waals surface area contributed by atoms with E-state index in [9.17, 15) is 19.2 Å². The fourth-order valence-electron chi connectivity index (χ4n) is 3.35. The van der Waals surface area contributed by atoms with Crippen LogP contribution in [0, 0.1) is 0 Å². The van der Waals surface area contributed by atoms with Crippen LogP contribution in [-0.4, -0.2) is 43.8 Å². The van der Waals surface area contributed by atoms with E-state index >= 15 is 0 Å². The van der Waals surface area contributed by atoms with Gasteiger partial charge in [-0.25, -0.2) is 9.59 Å². The van der Waals surface area contributed by atoms with Crippen LogP contribution < -0.4 is 9.97 Å². The standard InChI is InChI=1S/C23H24BNO7/c1-15(26)7-5-12-20(27)25-19-13-17-10-6-11-18(21(17)32-24-19)23(29)31-14-30-22(28)16-8-3-2-4-9-16/h2-4,6,8-11,19,24H,5,7,12-14H2,1H3,(H,25,27). The number of benzene rings is 2. The average Bonchev–Trinajstić information content (AvgIpc) is 2.78. The van der Waals surface area contributed by atoms with Gasteiger partial charge in [0.05, 0.1) is 5.56 Å². The van der Waals surface area contributed by atoms with Gasteiger partial charge < -0.3 is 24.2 Å². The van der Waals surface area contributed by atoms with E-state index in [1.54, 1.807) is 42.5 Å². The highest BCUT2D eigenvalue weighted by atomic mass is 16.7. The number of esters is 2. The molecular formula is C23H24BNO7. The second-order valence-corrected chi connectivity index (χ2v) is 7.48. The zero-order valence-corrected chi connectivity index (χ0v) is 17.8. The molecular weight excluding hydrogens is 413 g/mol. The molecule has 1 N–H and O–H groups in total. The first-order valence-corrected chi connectivity index (χ1v) is 10.4. The molecule has 1 heterocycles. The van der Waals surface area contributed by atoms with Crippen LogP contribution in [0.1, 0.15) is 52.5 Å². The molecule has 1 aliphatic rings. The first-order valence-electron chi connectivity index (χ1n) is 10.4. The number of rotatable bonds is 9. The first kappa shape index (κ1) is 23.1. The highest BCUT2D eigenvalue weighted by Gasteiger charge is 2.27. The van der Waals surface area contributed by atoms with Gasteiger partial charge in [-0.05, 0) is 43.5 Å². The number of carbonyl (C=O) groups is 4. The molecule has 1 atom stereocenters. The van der Waals surface area contributed by atoms with Crippen molar-refractivity contribution in [2.45, 2.75) is 38.5 Å². The Balaban J connectivity index is 1.52. The van der Waals surface area contributed by atoms with Crippen LogP contribution >= 0.6 is 0 Å². The number of ether oxygens (including phenoxy) is 2. The topological polar surface area (TPSA) is 108 Å². The minimum atomic E-state index is -0.672. The molecule has 0 spiro atoms. The maximum absolute atomic E-state index is 12.5. The normalized spacial score (nSPS) is 14.2. The Morgan fingerprint density at radius 3 is 2.50 bits per heavy atom. The molecule has 2 aromatic carbocycles. The van der Waals surface area contributed by atoms with Gasteiger partial charge >= 0.3 is 19.4 Å². The van der Waals surface area contributed by atoms with Gasteiger partial charge in [-0.1, -0.05) is 30.3 Å². The number of hydrogen-bond donors (Lipinski definition) is 1. The van der Waals surface area contributed by atoms with E-state index in [0.717, 1.165) is 5.56 Å². The third kappa shape index (κ3) is 6.44. The first-order chi connectivity index (χ1) is 15.4. The molecule has 3 rings (SSSR count). The number of ketones is 1. The van der Waals surface area contributed by atoms with E-state index < -0.39 is 18.7 Å². The highest BCUT2D eigenvalue weighted by Crippen LogP contribution is 2.29. The van der Waals surface area contributed by atoms with E-state index in [2.05, 4.69) is 5.32 Å². The van der Waals surface area contributed by atoms with Crippen molar-refractivity contribution in [3.63, 3.8) is 0 Å². The van der Waals surface area contributed by atoms with Crippen LogP contribution in [0.15, 0.2) is 48.5 Å². The molecule has 8 nitrogen and oxygen atoms in total. The Morgan fingerprint density at radius 2 is 1.75 bits per heavy atom. The van der Waals surface area contributed by atoms with Gasteiger partial charge in [0.2, 0.25) is 12.7 Å².